The van der Waals surface area contributed by atoms with Crippen LogP contribution in [0.1, 0.15) is 44.7 Å². The summed E-state index contributed by atoms with van der Waals surface area (Å²) in [6, 6.07) is 6.35. The van der Waals surface area contributed by atoms with E-state index >= 15 is 0 Å². The third-order valence-corrected chi connectivity index (χ3v) is 4.89. The Kier molecular flexibility index (Phi) is 3.14. The van der Waals surface area contributed by atoms with Crippen LogP contribution in [0.3, 0.4) is 0 Å². The lowest BCUT2D eigenvalue weighted by Crippen LogP contribution is -2.41. The fourth-order valence-electron chi connectivity index (χ4n) is 2.96. The predicted molar refractivity (Wildman–Crippen MR) is 80.3 cm³/mol. The van der Waals surface area contributed by atoms with Gasteiger partial charge in [0.05, 0.1) is 17.8 Å². The fourth-order valence-corrected chi connectivity index (χ4v) is 2.96. The van der Waals surface area contributed by atoms with Gasteiger partial charge in [0.15, 0.2) is 0 Å². The van der Waals surface area contributed by atoms with Crippen LogP contribution in [-0.4, -0.2) is 24.9 Å². The Morgan fingerprint density at radius 2 is 1.80 bits per heavy atom. The van der Waals surface area contributed by atoms with Crippen molar-refractivity contribution in [3.8, 4) is 5.75 Å². The largest absolute Gasteiger partial charge is 0.492 e. The molecular formula is C16H23BO3. The van der Waals surface area contributed by atoms with Crippen LogP contribution in [-0.2, 0) is 9.31 Å². The van der Waals surface area contributed by atoms with Crippen molar-refractivity contribution in [1.29, 1.82) is 0 Å². The number of para-hydroxylation sites is 1. The molecule has 0 aliphatic carbocycles. The predicted octanol–water partition coefficient (Wildman–Crippen LogP) is 3.56. The van der Waals surface area contributed by atoms with E-state index in [2.05, 4.69) is 52.8 Å². The van der Waals surface area contributed by atoms with Gasteiger partial charge in [-0.25, -0.2) is 0 Å². The third kappa shape index (κ3) is 2.15. The quantitative estimate of drug-likeness (QED) is 0.772. The second-order valence-electron chi connectivity index (χ2n) is 6.92. The lowest BCUT2D eigenvalue weighted by Gasteiger charge is -2.32. The monoisotopic (exact) mass is 274 g/mol. The summed E-state index contributed by atoms with van der Waals surface area (Å²) in [4.78, 5) is 0. The number of ether oxygens (including phenoxy) is 1. The van der Waals surface area contributed by atoms with Crippen LogP contribution < -0.4 is 4.74 Å². The highest BCUT2D eigenvalue weighted by Gasteiger charge is 2.51. The van der Waals surface area contributed by atoms with Crippen molar-refractivity contribution in [2.24, 2.45) is 0 Å². The summed E-state index contributed by atoms with van der Waals surface area (Å²) >= 11 is 0. The van der Waals surface area contributed by atoms with Crippen molar-refractivity contribution in [3.05, 3.63) is 29.3 Å². The van der Waals surface area contributed by atoms with E-state index < -0.39 is 0 Å². The van der Waals surface area contributed by atoms with Gasteiger partial charge in [-0.2, -0.15) is 0 Å². The zero-order valence-electron chi connectivity index (χ0n) is 13.0. The number of hydrogen-bond donors (Lipinski definition) is 0. The Bertz CT molecular complexity index is 508. The summed E-state index contributed by atoms with van der Waals surface area (Å²) in [5, 5.41) is 0. The number of rotatable bonds is 2. The number of hydrogen-bond acceptors (Lipinski definition) is 3. The molecular weight excluding hydrogens is 251 g/mol. The number of aryl methyl sites for hydroxylation is 1. The van der Waals surface area contributed by atoms with Crippen molar-refractivity contribution in [1.82, 2.24) is 0 Å². The molecule has 1 atom stereocenters. The molecule has 0 radical (unpaired) electrons. The van der Waals surface area contributed by atoms with Crippen molar-refractivity contribution in [2.75, 3.05) is 6.61 Å². The molecule has 3 nitrogen and oxygen atoms in total. The van der Waals surface area contributed by atoms with Crippen molar-refractivity contribution in [2.45, 2.75) is 58.1 Å². The molecule has 1 fully saturated rings. The Balaban J connectivity index is 1.75. The van der Waals surface area contributed by atoms with Gasteiger partial charge in [0, 0.05) is 11.5 Å². The van der Waals surface area contributed by atoms with Gasteiger partial charge in [-0.05, 0) is 46.5 Å². The lowest BCUT2D eigenvalue weighted by molar-refractivity contribution is 0.00578. The SMILES string of the molecule is Cc1cccc2c1OC[C@H]2CB1OC(C)(C)C(C)(C)O1. The van der Waals surface area contributed by atoms with Crippen molar-refractivity contribution < 1.29 is 14.0 Å². The number of fused-ring (bicyclic) bond motifs is 1. The summed E-state index contributed by atoms with van der Waals surface area (Å²) in [5.41, 5.74) is 1.98. The molecule has 1 aromatic carbocycles. The first-order valence-electron chi connectivity index (χ1n) is 7.38. The first kappa shape index (κ1) is 14.0. The Hall–Kier alpha value is -0.995. The highest BCUT2D eigenvalue weighted by atomic mass is 16.7. The molecule has 0 saturated carbocycles. The molecule has 1 aromatic rings. The molecule has 0 bridgehead atoms. The summed E-state index contributed by atoms with van der Waals surface area (Å²) in [6.07, 6.45) is 0.851. The van der Waals surface area contributed by atoms with E-state index in [1.807, 2.05) is 0 Å². The molecule has 2 aliphatic rings. The summed E-state index contributed by atoms with van der Waals surface area (Å²) < 4.78 is 18.0. The Morgan fingerprint density at radius 3 is 2.45 bits per heavy atom. The minimum absolute atomic E-state index is 0.153. The molecule has 2 aliphatic heterocycles. The fraction of sp³-hybridized carbons (Fsp3) is 0.625. The minimum atomic E-state index is -0.257. The van der Waals surface area contributed by atoms with Crippen LogP contribution in [0.15, 0.2) is 18.2 Å². The molecule has 0 unspecified atom stereocenters. The molecule has 1 saturated heterocycles. The standard InChI is InChI=1S/C16H23BO3/c1-11-7-6-8-13-12(10-18-14(11)13)9-17-19-15(2,3)16(4,5)20-17/h6-8,12H,9-10H2,1-5H3/t12-/m1/s1. The van der Waals surface area contributed by atoms with E-state index in [4.69, 9.17) is 14.0 Å². The van der Waals surface area contributed by atoms with Gasteiger partial charge in [0.1, 0.15) is 5.75 Å². The lowest BCUT2D eigenvalue weighted by atomic mass is 9.75. The second kappa shape index (κ2) is 4.50. The Morgan fingerprint density at radius 1 is 1.15 bits per heavy atom. The molecule has 108 valence electrons. The van der Waals surface area contributed by atoms with Crippen LogP contribution in [0.25, 0.3) is 0 Å². The van der Waals surface area contributed by atoms with Crippen LogP contribution in [0, 0.1) is 6.92 Å². The van der Waals surface area contributed by atoms with Gasteiger partial charge >= 0.3 is 7.12 Å². The van der Waals surface area contributed by atoms with Gasteiger partial charge in [-0.15, -0.1) is 0 Å². The van der Waals surface area contributed by atoms with E-state index in [0.29, 0.717) is 5.92 Å². The molecule has 4 heteroatoms. The van der Waals surface area contributed by atoms with Crippen LogP contribution in [0.2, 0.25) is 6.32 Å². The summed E-state index contributed by atoms with van der Waals surface area (Å²) in [7, 11) is -0.153. The minimum Gasteiger partial charge on any atom is -0.492 e. The van der Waals surface area contributed by atoms with E-state index in [1.165, 1.54) is 11.1 Å². The maximum absolute atomic E-state index is 6.09. The van der Waals surface area contributed by atoms with Crippen LogP contribution in [0.5, 0.6) is 5.75 Å². The molecule has 0 spiro atoms. The highest BCUT2D eigenvalue weighted by molar-refractivity contribution is 6.45. The zero-order valence-corrected chi connectivity index (χ0v) is 13.0. The van der Waals surface area contributed by atoms with Gasteiger partial charge in [-0.1, -0.05) is 18.2 Å². The molecule has 20 heavy (non-hydrogen) atoms. The molecule has 2 heterocycles. The smallest absolute Gasteiger partial charge is 0.458 e. The van der Waals surface area contributed by atoms with E-state index in [-0.39, 0.29) is 18.3 Å². The topological polar surface area (TPSA) is 27.7 Å². The molecule has 0 amide bonds. The normalized spacial score (nSPS) is 26.4. The first-order chi connectivity index (χ1) is 9.30. The zero-order chi connectivity index (χ0) is 14.5. The maximum atomic E-state index is 6.09. The van der Waals surface area contributed by atoms with Gasteiger partial charge in [-0.3, -0.25) is 0 Å². The molecule has 3 rings (SSSR count). The maximum Gasteiger partial charge on any atom is 0.458 e. The summed E-state index contributed by atoms with van der Waals surface area (Å²) in [5.74, 6) is 1.41. The number of benzene rings is 1. The second-order valence-corrected chi connectivity index (χ2v) is 6.92. The molecule has 0 aromatic heterocycles. The van der Waals surface area contributed by atoms with E-state index in [1.54, 1.807) is 0 Å². The van der Waals surface area contributed by atoms with E-state index in [9.17, 15) is 0 Å². The van der Waals surface area contributed by atoms with Crippen molar-refractivity contribution >= 4 is 7.12 Å². The summed E-state index contributed by atoms with van der Waals surface area (Å²) in [6.45, 7) is 11.2. The molecule has 0 N–H and O–H groups in total. The van der Waals surface area contributed by atoms with E-state index in [0.717, 1.165) is 18.7 Å². The van der Waals surface area contributed by atoms with Crippen molar-refractivity contribution in [3.63, 3.8) is 0 Å². The van der Waals surface area contributed by atoms with Gasteiger partial charge in [0.2, 0.25) is 0 Å². The van der Waals surface area contributed by atoms with Gasteiger partial charge < -0.3 is 14.0 Å². The van der Waals surface area contributed by atoms with Crippen LogP contribution >= 0.6 is 0 Å². The Labute approximate surface area is 121 Å². The van der Waals surface area contributed by atoms with Gasteiger partial charge in [0.25, 0.3) is 0 Å². The average molecular weight is 274 g/mol. The van der Waals surface area contributed by atoms with Crippen LogP contribution in [0.4, 0.5) is 0 Å². The highest BCUT2D eigenvalue weighted by Crippen LogP contribution is 2.43. The average Bonchev–Trinajstić information content (AvgIpc) is 2.80. The first-order valence-corrected chi connectivity index (χ1v) is 7.38. The third-order valence-electron chi connectivity index (χ3n) is 4.89.